The maximum Gasteiger partial charge on any atom is 0.389 e. The van der Waals surface area contributed by atoms with Crippen LogP contribution >= 0.6 is 11.6 Å². The number of benzene rings is 1. The molecule has 0 unspecified atom stereocenters. The second kappa shape index (κ2) is 6.12. The number of hydrogen-bond acceptors (Lipinski definition) is 2. The average Bonchev–Trinajstić information content (AvgIpc) is 2.24. The number of alkyl halides is 3. The normalized spacial score (nSPS) is 11.6. The van der Waals surface area contributed by atoms with Crippen molar-refractivity contribution in [2.75, 3.05) is 6.61 Å². The van der Waals surface area contributed by atoms with Crippen molar-refractivity contribution in [1.29, 1.82) is 0 Å². The predicted octanol–water partition coefficient (Wildman–Crippen LogP) is 3.52. The molecule has 6 heteroatoms. The molecule has 0 aliphatic carbocycles. The molecule has 96 valence electrons. The topological polar surface area (TPSA) is 35.2 Å². The molecule has 0 aromatic heterocycles. The van der Waals surface area contributed by atoms with Crippen molar-refractivity contribution in [2.45, 2.75) is 25.6 Å². The van der Waals surface area contributed by atoms with E-state index in [9.17, 15) is 13.2 Å². The fraction of sp³-hybridized carbons (Fsp3) is 0.455. The Bertz CT molecular complexity index is 368. The van der Waals surface area contributed by atoms with Crippen LogP contribution in [0.4, 0.5) is 13.2 Å². The van der Waals surface area contributed by atoms with Gasteiger partial charge in [0.25, 0.3) is 0 Å². The van der Waals surface area contributed by atoms with Gasteiger partial charge in [0.05, 0.1) is 6.61 Å². The predicted molar refractivity (Wildman–Crippen MR) is 60.1 cm³/mol. The Hall–Kier alpha value is -0.940. The first-order chi connectivity index (χ1) is 7.92. The van der Waals surface area contributed by atoms with Crippen molar-refractivity contribution in [2.24, 2.45) is 5.73 Å². The van der Waals surface area contributed by atoms with E-state index in [0.717, 1.165) is 0 Å². The molecule has 0 bridgehead atoms. The third-order valence-corrected chi connectivity index (χ3v) is 2.34. The van der Waals surface area contributed by atoms with Crippen LogP contribution < -0.4 is 10.5 Å². The summed E-state index contributed by atoms with van der Waals surface area (Å²) in [4.78, 5) is 0. The number of hydrogen-bond donors (Lipinski definition) is 1. The molecule has 0 aliphatic rings. The highest BCUT2D eigenvalue weighted by atomic mass is 35.5. The van der Waals surface area contributed by atoms with Crippen LogP contribution in [0, 0.1) is 0 Å². The molecular formula is C11H13ClF3NO. The molecule has 0 atom stereocenters. The van der Waals surface area contributed by atoms with E-state index >= 15 is 0 Å². The lowest BCUT2D eigenvalue weighted by Gasteiger charge is -2.11. The van der Waals surface area contributed by atoms with Crippen LogP contribution in [-0.4, -0.2) is 12.8 Å². The molecule has 1 aromatic rings. The van der Waals surface area contributed by atoms with Crippen molar-refractivity contribution in [3.63, 3.8) is 0 Å². The van der Waals surface area contributed by atoms with E-state index < -0.39 is 12.6 Å². The molecule has 1 aromatic carbocycles. The number of ether oxygens (including phenoxy) is 1. The van der Waals surface area contributed by atoms with Gasteiger partial charge in [-0.3, -0.25) is 0 Å². The van der Waals surface area contributed by atoms with Gasteiger partial charge in [-0.25, -0.2) is 0 Å². The Kier molecular flexibility index (Phi) is 5.08. The van der Waals surface area contributed by atoms with Crippen LogP contribution in [0.15, 0.2) is 18.2 Å². The summed E-state index contributed by atoms with van der Waals surface area (Å²) in [5.74, 6) is 0.485. The first-order valence-corrected chi connectivity index (χ1v) is 5.48. The number of halogens is 4. The quantitative estimate of drug-likeness (QED) is 0.829. The van der Waals surface area contributed by atoms with E-state index in [2.05, 4.69) is 0 Å². The second-order valence-electron chi connectivity index (χ2n) is 3.52. The lowest BCUT2D eigenvalue weighted by Crippen LogP contribution is -2.10. The first-order valence-electron chi connectivity index (χ1n) is 5.10. The number of rotatable bonds is 5. The van der Waals surface area contributed by atoms with E-state index in [-0.39, 0.29) is 19.6 Å². The smallest absolute Gasteiger partial charge is 0.389 e. The minimum atomic E-state index is -4.14. The van der Waals surface area contributed by atoms with Gasteiger partial charge >= 0.3 is 6.18 Å². The Morgan fingerprint density at radius 3 is 2.59 bits per heavy atom. The van der Waals surface area contributed by atoms with Gasteiger partial charge in [-0.05, 0) is 24.6 Å². The lowest BCUT2D eigenvalue weighted by atomic mass is 10.2. The summed E-state index contributed by atoms with van der Waals surface area (Å²) >= 11 is 5.76. The zero-order valence-electron chi connectivity index (χ0n) is 9.06. The summed E-state index contributed by atoms with van der Waals surface area (Å²) in [5, 5.41) is 0.521. The maximum atomic E-state index is 11.9. The minimum Gasteiger partial charge on any atom is -0.493 e. The summed E-state index contributed by atoms with van der Waals surface area (Å²) in [5.41, 5.74) is 6.16. The van der Waals surface area contributed by atoms with Crippen LogP contribution in [0.2, 0.25) is 5.02 Å². The van der Waals surface area contributed by atoms with Gasteiger partial charge in [-0.2, -0.15) is 13.2 Å². The van der Waals surface area contributed by atoms with E-state index in [1.807, 2.05) is 0 Å². The van der Waals surface area contributed by atoms with Crippen LogP contribution in [0.25, 0.3) is 0 Å². The van der Waals surface area contributed by atoms with E-state index in [1.54, 1.807) is 18.2 Å². The fourth-order valence-electron chi connectivity index (χ4n) is 1.30. The molecule has 0 aliphatic heterocycles. The zero-order chi connectivity index (χ0) is 12.9. The summed E-state index contributed by atoms with van der Waals surface area (Å²) < 4.78 is 40.9. The molecule has 0 spiro atoms. The van der Waals surface area contributed by atoms with Gasteiger partial charge < -0.3 is 10.5 Å². The van der Waals surface area contributed by atoms with Crippen LogP contribution in [-0.2, 0) is 6.54 Å². The van der Waals surface area contributed by atoms with Crippen molar-refractivity contribution >= 4 is 11.6 Å². The molecule has 0 saturated heterocycles. The zero-order valence-corrected chi connectivity index (χ0v) is 9.81. The van der Waals surface area contributed by atoms with Crippen LogP contribution in [0.1, 0.15) is 18.4 Å². The van der Waals surface area contributed by atoms with Crippen molar-refractivity contribution in [1.82, 2.24) is 0 Å². The fourth-order valence-corrected chi connectivity index (χ4v) is 1.50. The Morgan fingerprint density at radius 1 is 1.29 bits per heavy atom. The molecule has 2 N–H and O–H groups in total. The van der Waals surface area contributed by atoms with Gasteiger partial charge in [-0.15, -0.1) is 0 Å². The van der Waals surface area contributed by atoms with Gasteiger partial charge in [0, 0.05) is 23.6 Å². The molecule has 0 amide bonds. The summed E-state index contributed by atoms with van der Waals surface area (Å²) in [6.07, 6.45) is -5.06. The highest BCUT2D eigenvalue weighted by Gasteiger charge is 2.26. The minimum absolute atomic E-state index is 0.00808. The third-order valence-electron chi connectivity index (χ3n) is 2.10. The Balaban J connectivity index is 2.46. The Morgan fingerprint density at radius 2 is 2.00 bits per heavy atom. The van der Waals surface area contributed by atoms with Gasteiger partial charge in [0.15, 0.2) is 0 Å². The molecule has 1 rings (SSSR count). The monoisotopic (exact) mass is 267 g/mol. The van der Waals surface area contributed by atoms with Crippen molar-refractivity contribution in [3.05, 3.63) is 28.8 Å². The molecule has 2 nitrogen and oxygen atoms in total. The molecule has 17 heavy (non-hydrogen) atoms. The average molecular weight is 268 g/mol. The molecular weight excluding hydrogens is 255 g/mol. The summed E-state index contributed by atoms with van der Waals surface area (Å²) in [6, 6.07) is 4.86. The highest BCUT2D eigenvalue weighted by molar-refractivity contribution is 6.30. The lowest BCUT2D eigenvalue weighted by molar-refractivity contribution is -0.136. The molecule has 0 saturated carbocycles. The summed E-state index contributed by atoms with van der Waals surface area (Å²) in [7, 11) is 0. The summed E-state index contributed by atoms with van der Waals surface area (Å²) in [6.45, 7) is 0.239. The van der Waals surface area contributed by atoms with E-state index in [4.69, 9.17) is 22.1 Å². The second-order valence-corrected chi connectivity index (χ2v) is 3.96. The molecule has 0 heterocycles. The molecule has 0 radical (unpaired) electrons. The standard InChI is InChI=1S/C11H13ClF3NO/c12-9-2-3-10(8(6-9)7-16)17-5-1-4-11(13,14)15/h2-3,6H,1,4-5,7,16H2. The number of nitrogens with two attached hydrogens (primary N) is 1. The van der Waals surface area contributed by atoms with Crippen molar-refractivity contribution in [3.8, 4) is 5.75 Å². The third kappa shape index (κ3) is 5.28. The maximum absolute atomic E-state index is 11.9. The SMILES string of the molecule is NCc1cc(Cl)ccc1OCCCC(F)(F)F. The van der Waals surface area contributed by atoms with Gasteiger partial charge in [0.1, 0.15) is 5.75 Å². The largest absolute Gasteiger partial charge is 0.493 e. The Labute approximate surface area is 103 Å². The van der Waals surface area contributed by atoms with Crippen molar-refractivity contribution < 1.29 is 17.9 Å². The van der Waals surface area contributed by atoms with Crippen LogP contribution in [0.5, 0.6) is 5.75 Å². The van der Waals surface area contributed by atoms with Gasteiger partial charge in [-0.1, -0.05) is 11.6 Å². The molecule has 0 fully saturated rings. The van der Waals surface area contributed by atoms with Gasteiger partial charge in [0.2, 0.25) is 0 Å². The van der Waals surface area contributed by atoms with E-state index in [0.29, 0.717) is 16.3 Å². The van der Waals surface area contributed by atoms with Crippen LogP contribution in [0.3, 0.4) is 0 Å². The first kappa shape index (κ1) is 14.1. The van der Waals surface area contributed by atoms with E-state index in [1.165, 1.54) is 0 Å². The highest BCUT2D eigenvalue weighted by Crippen LogP contribution is 2.24.